The second-order valence-electron chi connectivity index (χ2n) is 7.03. The number of nitrogens with one attached hydrogen (secondary N) is 3. The minimum atomic E-state index is -0.939. The molecule has 0 heterocycles. The Kier molecular flexibility index (Phi) is 8.78. The van der Waals surface area contributed by atoms with E-state index >= 15 is 0 Å². The van der Waals surface area contributed by atoms with Crippen LogP contribution >= 0.6 is 0 Å². The van der Waals surface area contributed by atoms with Gasteiger partial charge in [0, 0.05) is 23.5 Å². The largest absolute Gasteiger partial charge is 0.497 e. The van der Waals surface area contributed by atoms with E-state index in [0.717, 1.165) is 0 Å². The maximum atomic E-state index is 12.2. The second-order valence-corrected chi connectivity index (χ2v) is 7.03. The minimum Gasteiger partial charge on any atom is -0.497 e. The summed E-state index contributed by atoms with van der Waals surface area (Å²) in [5.74, 6) is -0.564. The summed E-state index contributed by atoms with van der Waals surface area (Å²) in [7, 11) is 3.04. The van der Waals surface area contributed by atoms with E-state index in [2.05, 4.69) is 21.2 Å². The van der Waals surface area contributed by atoms with Crippen LogP contribution in [0.4, 0.5) is 11.4 Å². The third kappa shape index (κ3) is 7.90. The van der Waals surface area contributed by atoms with Gasteiger partial charge in [-0.25, -0.2) is 5.43 Å². The van der Waals surface area contributed by atoms with E-state index < -0.39 is 11.8 Å². The lowest BCUT2D eigenvalue weighted by atomic mass is 10.2. The van der Waals surface area contributed by atoms with E-state index in [1.165, 1.54) is 13.3 Å². The Labute approximate surface area is 201 Å². The molecule has 0 saturated carbocycles. The molecular weight excluding hydrogens is 452 g/mol. The van der Waals surface area contributed by atoms with Crippen molar-refractivity contribution in [3.63, 3.8) is 0 Å². The lowest BCUT2D eigenvalue weighted by molar-refractivity contribution is -0.136. The normalized spacial score (nSPS) is 10.3. The Hall–Kier alpha value is -4.86. The first-order valence-corrected chi connectivity index (χ1v) is 10.4. The first kappa shape index (κ1) is 24.8. The van der Waals surface area contributed by atoms with Gasteiger partial charge in [0.05, 0.1) is 20.4 Å². The van der Waals surface area contributed by atoms with Gasteiger partial charge >= 0.3 is 11.8 Å². The smallest absolute Gasteiger partial charge is 0.329 e. The van der Waals surface area contributed by atoms with E-state index in [4.69, 9.17) is 14.2 Å². The van der Waals surface area contributed by atoms with E-state index in [1.807, 2.05) is 0 Å². The number of amides is 3. The van der Waals surface area contributed by atoms with Crippen LogP contribution in [0, 0.1) is 0 Å². The van der Waals surface area contributed by atoms with Gasteiger partial charge < -0.3 is 24.8 Å². The molecule has 0 bridgehead atoms. The predicted molar refractivity (Wildman–Crippen MR) is 131 cm³/mol. The molecular formula is C25H24N4O6. The lowest BCUT2D eigenvalue weighted by Gasteiger charge is -2.09. The van der Waals surface area contributed by atoms with Crippen LogP contribution in [0.5, 0.6) is 17.2 Å². The zero-order valence-corrected chi connectivity index (χ0v) is 19.1. The van der Waals surface area contributed by atoms with Gasteiger partial charge in [-0.1, -0.05) is 24.3 Å². The summed E-state index contributed by atoms with van der Waals surface area (Å²) in [4.78, 5) is 36.2. The molecule has 3 aromatic rings. The van der Waals surface area contributed by atoms with Crippen molar-refractivity contribution in [3.8, 4) is 17.2 Å². The number of hydrazone groups is 1. The second kappa shape index (κ2) is 12.4. The molecule has 0 aliphatic rings. The van der Waals surface area contributed by atoms with Gasteiger partial charge in [-0.15, -0.1) is 0 Å². The molecule has 0 aromatic heterocycles. The SMILES string of the molecule is COc1cccc(NC(=O)COc2cccc(/C=N\NC(=O)C(=O)Nc3cccc(OC)c3)c2)c1. The quantitative estimate of drug-likeness (QED) is 0.248. The monoisotopic (exact) mass is 476 g/mol. The van der Waals surface area contributed by atoms with Crippen molar-refractivity contribution in [1.82, 2.24) is 5.43 Å². The maximum absolute atomic E-state index is 12.2. The fraction of sp³-hybridized carbons (Fsp3) is 0.120. The molecule has 3 rings (SSSR count). The lowest BCUT2D eigenvalue weighted by Crippen LogP contribution is -2.32. The average molecular weight is 476 g/mol. The topological polar surface area (TPSA) is 127 Å². The summed E-state index contributed by atoms with van der Waals surface area (Å²) in [6.45, 7) is -0.209. The molecule has 3 amide bonds. The third-order valence-electron chi connectivity index (χ3n) is 4.50. The number of rotatable bonds is 9. The minimum absolute atomic E-state index is 0.209. The highest BCUT2D eigenvalue weighted by Crippen LogP contribution is 2.18. The van der Waals surface area contributed by atoms with Crippen molar-refractivity contribution < 1.29 is 28.6 Å². The molecule has 0 fully saturated rings. The Bertz CT molecular complexity index is 1230. The van der Waals surface area contributed by atoms with Gasteiger partial charge in [0.2, 0.25) is 0 Å². The Balaban J connectivity index is 1.48. The Morgan fingerprint density at radius 3 is 2.03 bits per heavy atom. The number of benzene rings is 3. The number of carbonyl (C=O) groups excluding carboxylic acids is 3. The first-order chi connectivity index (χ1) is 17.0. The summed E-state index contributed by atoms with van der Waals surface area (Å²) in [6, 6.07) is 20.3. The fourth-order valence-corrected chi connectivity index (χ4v) is 2.84. The first-order valence-electron chi connectivity index (χ1n) is 10.4. The van der Waals surface area contributed by atoms with Gasteiger partial charge in [-0.05, 0) is 42.0 Å². The standard InChI is InChI=1S/C25H24N4O6/c1-33-20-9-4-7-18(13-20)27-23(30)16-35-22-11-3-6-17(12-22)15-26-29-25(32)24(31)28-19-8-5-10-21(14-19)34-2/h3-15H,16H2,1-2H3,(H,27,30)(H,28,31)(H,29,32)/b26-15-. The van der Waals surface area contributed by atoms with Crippen LogP contribution in [0.25, 0.3) is 0 Å². The van der Waals surface area contributed by atoms with Crippen LogP contribution in [-0.4, -0.2) is 44.8 Å². The maximum Gasteiger partial charge on any atom is 0.329 e. The van der Waals surface area contributed by atoms with Gasteiger partial charge in [0.1, 0.15) is 17.2 Å². The summed E-state index contributed by atoms with van der Waals surface area (Å²) < 4.78 is 15.7. The number of anilines is 2. The highest BCUT2D eigenvalue weighted by molar-refractivity contribution is 6.39. The van der Waals surface area contributed by atoms with Gasteiger partial charge in [-0.2, -0.15) is 5.10 Å². The number of hydrogen-bond donors (Lipinski definition) is 3. The molecule has 0 saturated heterocycles. The van der Waals surface area contributed by atoms with Crippen molar-refractivity contribution in [2.24, 2.45) is 5.10 Å². The van der Waals surface area contributed by atoms with E-state index in [0.29, 0.717) is 34.2 Å². The van der Waals surface area contributed by atoms with Gasteiger partial charge in [0.25, 0.3) is 5.91 Å². The zero-order valence-electron chi connectivity index (χ0n) is 19.1. The molecule has 3 N–H and O–H groups in total. The molecule has 0 spiro atoms. The average Bonchev–Trinajstić information content (AvgIpc) is 2.88. The number of nitrogens with zero attached hydrogens (tertiary/aromatic N) is 1. The summed E-state index contributed by atoms with van der Waals surface area (Å²) in [5.41, 5.74) is 3.74. The van der Waals surface area contributed by atoms with Crippen molar-refractivity contribution in [1.29, 1.82) is 0 Å². The number of ether oxygens (including phenoxy) is 3. The fourth-order valence-electron chi connectivity index (χ4n) is 2.84. The van der Waals surface area contributed by atoms with Gasteiger partial charge in [0.15, 0.2) is 6.61 Å². The molecule has 3 aromatic carbocycles. The van der Waals surface area contributed by atoms with Crippen LogP contribution in [0.3, 0.4) is 0 Å². The molecule has 0 atom stereocenters. The van der Waals surface area contributed by atoms with E-state index in [-0.39, 0.29) is 12.5 Å². The number of methoxy groups -OCH3 is 2. The molecule has 0 radical (unpaired) electrons. The van der Waals surface area contributed by atoms with Gasteiger partial charge in [-0.3, -0.25) is 14.4 Å². The number of hydrogen-bond acceptors (Lipinski definition) is 7. The van der Waals surface area contributed by atoms with Crippen molar-refractivity contribution in [2.75, 3.05) is 31.5 Å². The molecule has 35 heavy (non-hydrogen) atoms. The van der Waals surface area contributed by atoms with Crippen LogP contribution < -0.4 is 30.3 Å². The van der Waals surface area contributed by atoms with Crippen molar-refractivity contribution in [2.45, 2.75) is 0 Å². The van der Waals surface area contributed by atoms with Crippen LogP contribution in [0.15, 0.2) is 77.9 Å². The van der Waals surface area contributed by atoms with E-state index in [1.54, 1.807) is 79.9 Å². The van der Waals surface area contributed by atoms with E-state index in [9.17, 15) is 14.4 Å². The number of carbonyl (C=O) groups is 3. The van der Waals surface area contributed by atoms with Crippen LogP contribution in [0.1, 0.15) is 5.56 Å². The Morgan fingerprint density at radius 1 is 0.771 bits per heavy atom. The molecule has 10 nitrogen and oxygen atoms in total. The molecule has 0 aliphatic heterocycles. The van der Waals surface area contributed by atoms with Crippen molar-refractivity contribution in [3.05, 3.63) is 78.4 Å². The third-order valence-corrected chi connectivity index (χ3v) is 4.50. The van der Waals surface area contributed by atoms with Crippen LogP contribution in [0.2, 0.25) is 0 Å². The summed E-state index contributed by atoms with van der Waals surface area (Å²) in [5, 5.41) is 8.97. The summed E-state index contributed by atoms with van der Waals surface area (Å²) in [6.07, 6.45) is 1.35. The highest BCUT2D eigenvalue weighted by atomic mass is 16.5. The molecule has 0 unspecified atom stereocenters. The van der Waals surface area contributed by atoms with Crippen LogP contribution in [-0.2, 0) is 14.4 Å². The molecule has 0 aliphatic carbocycles. The predicted octanol–water partition coefficient (Wildman–Crippen LogP) is 2.81. The zero-order chi connectivity index (χ0) is 25.0. The highest BCUT2D eigenvalue weighted by Gasteiger charge is 2.13. The van der Waals surface area contributed by atoms with Crippen molar-refractivity contribution >= 4 is 35.3 Å². The Morgan fingerprint density at radius 2 is 1.37 bits per heavy atom. The summed E-state index contributed by atoms with van der Waals surface area (Å²) >= 11 is 0. The molecule has 10 heteroatoms. The molecule has 180 valence electrons.